The van der Waals surface area contributed by atoms with E-state index in [0.29, 0.717) is 55.5 Å². The second-order valence-electron chi connectivity index (χ2n) is 9.37. The summed E-state index contributed by atoms with van der Waals surface area (Å²) < 4.78 is 33.3. The van der Waals surface area contributed by atoms with Crippen LogP contribution in [0.15, 0.2) is 12.1 Å². The Morgan fingerprint density at radius 1 is 0.892 bits per heavy atom. The van der Waals surface area contributed by atoms with Crippen molar-refractivity contribution < 1.29 is 38.0 Å². The third kappa shape index (κ3) is 9.36. The molecule has 0 N–H and O–H groups in total. The lowest BCUT2D eigenvalue weighted by molar-refractivity contribution is -0.151. The standard InChI is InChI=1S/C27H42N2O8/c1-32-18-9-25(30)37-22-7-4-16-35-24-20-21(19-23(33-2)26(24)34-3)27(31)36-17-6-12-28-10-5-11-29(13-8-22)15-14-28/h19-20,22H,4-18H2,1-3H3. The summed E-state index contributed by atoms with van der Waals surface area (Å²) in [5.41, 5.74) is 0.348. The van der Waals surface area contributed by atoms with Crippen LogP contribution < -0.4 is 14.2 Å². The molecule has 0 saturated carbocycles. The minimum atomic E-state index is -0.422. The first-order chi connectivity index (χ1) is 18.0. The molecule has 0 spiro atoms. The van der Waals surface area contributed by atoms with Crippen LogP contribution in [0.1, 0.15) is 48.9 Å². The van der Waals surface area contributed by atoms with Gasteiger partial charge in [0.2, 0.25) is 5.75 Å². The summed E-state index contributed by atoms with van der Waals surface area (Å²) in [6.07, 6.45) is 3.99. The predicted octanol–water partition coefficient (Wildman–Crippen LogP) is 2.77. The van der Waals surface area contributed by atoms with Crippen molar-refractivity contribution in [1.29, 1.82) is 0 Å². The lowest BCUT2D eigenvalue weighted by Gasteiger charge is -2.24. The summed E-state index contributed by atoms with van der Waals surface area (Å²) in [6, 6.07) is 3.23. The number of nitrogens with zero attached hydrogens (tertiary/aromatic N) is 2. The largest absolute Gasteiger partial charge is 0.493 e. The molecule has 4 bridgehead atoms. The molecule has 37 heavy (non-hydrogen) atoms. The van der Waals surface area contributed by atoms with Gasteiger partial charge in [0, 0.05) is 33.3 Å². The molecule has 10 heteroatoms. The first-order valence-electron chi connectivity index (χ1n) is 13.2. The van der Waals surface area contributed by atoms with E-state index in [1.165, 1.54) is 14.2 Å². The van der Waals surface area contributed by atoms with Gasteiger partial charge in [-0.3, -0.25) is 4.79 Å². The molecule has 0 amide bonds. The van der Waals surface area contributed by atoms with Gasteiger partial charge in [0.05, 0.1) is 46.0 Å². The molecule has 208 valence electrons. The van der Waals surface area contributed by atoms with Gasteiger partial charge in [0.15, 0.2) is 11.5 Å². The van der Waals surface area contributed by atoms with Crippen LogP contribution in [0.3, 0.4) is 0 Å². The first kappa shape index (κ1) is 29.0. The Hall–Kier alpha value is -2.56. The smallest absolute Gasteiger partial charge is 0.338 e. The van der Waals surface area contributed by atoms with Crippen molar-refractivity contribution in [1.82, 2.24) is 9.80 Å². The number of hydrogen-bond acceptors (Lipinski definition) is 10. The van der Waals surface area contributed by atoms with E-state index in [4.69, 9.17) is 28.4 Å². The molecule has 0 aliphatic carbocycles. The number of fused-ring (bicyclic) bond motifs is 5. The normalized spacial score (nSPS) is 23.9. The molecule has 1 aromatic rings. The Morgan fingerprint density at radius 3 is 2.35 bits per heavy atom. The Labute approximate surface area is 220 Å². The van der Waals surface area contributed by atoms with Crippen molar-refractivity contribution in [2.24, 2.45) is 0 Å². The van der Waals surface area contributed by atoms with Crippen LogP contribution in [0.25, 0.3) is 0 Å². The molecule has 1 fully saturated rings. The zero-order valence-corrected chi connectivity index (χ0v) is 22.5. The molecule has 2 aliphatic heterocycles. The van der Waals surface area contributed by atoms with Crippen LogP contribution in [0.5, 0.6) is 17.2 Å². The second kappa shape index (κ2) is 15.6. The predicted molar refractivity (Wildman–Crippen MR) is 138 cm³/mol. The van der Waals surface area contributed by atoms with Crippen LogP contribution in [0, 0.1) is 0 Å². The summed E-state index contributed by atoms with van der Waals surface area (Å²) in [5.74, 6) is 0.559. The van der Waals surface area contributed by atoms with Crippen molar-refractivity contribution in [2.45, 2.75) is 44.6 Å². The lowest BCUT2D eigenvalue weighted by atomic mass is 10.1. The molecular formula is C27H42N2O8. The quantitative estimate of drug-likeness (QED) is 0.519. The number of carbonyl (C=O) groups excluding carboxylic acids is 2. The molecular weight excluding hydrogens is 480 g/mol. The summed E-state index contributed by atoms with van der Waals surface area (Å²) >= 11 is 0. The topological polar surface area (TPSA) is 96.0 Å². The molecule has 1 saturated heterocycles. The van der Waals surface area contributed by atoms with Crippen LogP contribution in [-0.2, 0) is 19.0 Å². The Bertz CT molecular complexity index is 865. The van der Waals surface area contributed by atoms with Gasteiger partial charge in [-0.2, -0.15) is 0 Å². The van der Waals surface area contributed by atoms with Gasteiger partial charge in [0.1, 0.15) is 6.10 Å². The summed E-state index contributed by atoms with van der Waals surface area (Å²) in [7, 11) is 4.62. The average molecular weight is 523 g/mol. The molecule has 10 nitrogen and oxygen atoms in total. The van der Waals surface area contributed by atoms with E-state index in [-0.39, 0.29) is 18.5 Å². The highest BCUT2D eigenvalue weighted by Crippen LogP contribution is 2.38. The molecule has 0 radical (unpaired) electrons. The van der Waals surface area contributed by atoms with E-state index in [2.05, 4.69) is 9.80 Å². The van der Waals surface area contributed by atoms with Gasteiger partial charge < -0.3 is 38.2 Å². The van der Waals surface area contributed by atoms with E-state index in [0.717, 1.165) is 58.5 Å². The highest BCUT2D eigenvalue weighted by atomic mass is 16.6. The number of esters is 2. The minimum Gasteiger partial charge on any atom is -0.493 e. The molecule has 3 rings (SSSR count). The van der Waals surface area contributed by atoms with Crippen molar-refractivity contribution in [2.75, 3.05) is 80.4 Å². The summed E-state index contributed by atoms with van der Waals surface area (Å²) in [6.45, 7) is 6.80. The number of hydrogen-bond donors (Lipinski definition) is 0. The van der Waals surface area contributed by atoms with Gasteiger partial charge in [-0.15, -0.1) is 0 Å². The highest BCUT2D eigenvalue weighted by Gasteiger charge is 2.21. The summed E-state index contributed by atoms with van der Waals surface area (Å²) in [5, 5.41) is 0. The van der Waals surface area contributed by atoms with Crippen molar-refractivity contribution >= 4 is 11.9 Å². The maximum atomic E-state index is 12.8. The second-order valence-corrected chi connectivity index (χ2v) is 9.37. The average Bonchev–Trinajstić information content (AvgIpc) is 3.14. The Morgan fingerprint density at radius 2 is 1.62 bits per heavy atom. The zero-order valence-electron chi connectivity index (χ0n) is 22.5. The first-order valence-corrected chi connectivity index (χ1v) is 13.2. The highest BCUT2D eigenvalue weighted by molar-refractivity contribution is 5.91. The number of cyclic esters (lactones) is 1. The fourth-order valence-corrected chi connectivity index (χ4v) is 4.67. The minimum absolute atomic E-state index is 0.202. The van der Waals surface area contributed by atoms with Gasteiger partial charge in [-0.25, -0.2) is 4.79 Å². The fraction of sp³-hybridized carbons (Fsp3) is 0.704. The Kier molecular flexibility index (Phi) is 12.3. The monoisotopic (exact) mass is 522 g/mol. The lowest BCUT2D eigenvalue weighted by Crippen LogP contribution is -2.34. The molecule has 3 atom stereocenters. The van der Waals surface area contributed by atoms with Crippen LogP contribution >= 0.6 is 0 Å². The third-order valence-electron chi connectivity index (χ3n) is 6.72. The maximum Gasteiger partial charge on any atom is 0.338 e. The number of benzene rings is 1. The van der Waals surface area contributed by atoms with Crippen molar-refractivity contribution in [3.05, 3.63) is 17.7 Å². The Balaban J connectivity index is 1.75. The fourth-order valence-electron chi connectivity index (χ4n) is 4.67. The van der Waals surface area contributed by atoms with Crippen LogP contribution in [0.2, 0.25) is 0 Å². The maximum absolute atomic E-state index is 12.8. The van der Waals surface area contributed by atoms with E-state index in [1.54, 1.807) is 19.2 Å². The molecule has 2 heterocycles. The van der Waals surface area contributed by atoms with Crippen molar-refractivity contribution in [3.63, 3.8) is 0 Å². The van der Waals surface area contributed by atoms with E-state index in [1.807, 2.05) is 0 Å². The number of carbonyl (C=O) groups is 2. The SMILES string of the molecule is COCCC(=O)OC1CCCOc2cc(cc(OC)c2OC)C(=O)OCCCN2CCCN(CC1)CC2. The van der Waals surface area contributed by atoms with Gasteiger partial charge in [-0.1, -0.05) is 0 Å². The van der Waals surface area contributed by atoms with Crippen molar-refractivity contribution in [3.8, 4) is 17.2 Å². The van der Waals surface area contributed by atoms with Crippen LogP contribution in [0.4, 0.5) is 0 Å². The van der Waals surface area contributed by atoms with Gasteiger partial charge in [0.25, 0.3) is 0 Å². The van der Waals surface area contributed by atoms with E-state index in [9.17, 15) is 9.59 Å². The molecule has 1 aromatic carbocycles. The number of rotatable bonds is 6. The third-order valence-corrected chi connectivity index (χ3v) is 6.72. The molecule has 2 aliphatic rings. The zero-order chi connectivity index (χ0) is 26.5. The van der Waals surface area contributed by atoms with Gasteiger partial charge >= 0.3 is 11.9 Å². The molecule has 3 unspecified atom stereocenters. The molecule has 0 aromatic heterocycles. The number of methoxy groups -OCH3 is 3. The van der Waals surface area contributed by atoms with Crippen LogP contribution in [-0.4, -0.2) is 108 Å². The summed E-state index contributed by atoms with van der Waals surface area (Å²) in [4.78, 5) is 30.0. The van der Waals surface area contributed by atoms with E-state index >= 15 is 0 Å². The van der Waals surface area contributed by atoms with Gasteiger partial charge in [-0.05, 0) is 57.3 Å². The number of ether oxygens (including phenoxy) is 6. The van der Waals surface area contributed by atoms with E-state index < -0.39 is 5.97 Å².